The minimum absolute atomic E-state index is 0.103. The maximum absolute atomic E-state index is 12.3. The fourth-order valence-electron chi connectivity index (χ4n) is 2.58. The third-order valence-electron chi connectivity index (χ3n) is 3.91. The number of carbonyl (C=O) groups excluding carboxylic acids is 1. The van der Waals surface area contributed by atoms with Gasteiger partial charge in [-0.25, -0.2) is 9.59 Å². The van der Waals surface area contributed by atoms with Crippen molar-refractivity contribution in [3.8, 4) is 5.75 Å². The average molecular weight is 412 g/mol. The van der Waals surface area contributed by atoms with Crippen LogP contribution in [0, 0.1) is 0 Å². The summed E-state index contributed by atoms with van der Waals surface area (Å²) in [7, 11) is 1.64. The molecule has 3 rings (SSSR count). The second kappa shape index (κ2) is 8.61. The summed E-state index contributed by atoms with van der Waals surface area (Å²) in [6.07, 6.45) is 1.62. The molecule has 0 fully saturated rings. The van der Waals surface area contributed by atoms with Crippen LogP contribution in [0.2, 0.25) is 0 Å². The zero-order valence-corrected chi connectivity index (χ0v) is 16.0. The topological polar surface area (TPSA) is 117 Å². The van der Waals surface area contributed by atoms with E-state index in [4.69, 9.17) is 9.84 Å². The van der Waals surface area contributed by atoms with Gasteiger partial charge >= 0.3 is 11.9 Å². The molecule has 0 aromatic heterocycles. The van der Waals surface area contributed by atoms with E-state index in [-0.39, 0.29) is 5.56 Å². The van der Waals surface area contributed by atoms with Crippen LogP contribution in [0.5, 0.6) is 5.75 Å². The lowest BCUT2D eigenvalue weighted by molar-refractivity contribution is -0.139. The highest BCUT2D eigenvalue weighted by atomic mass is 32.2. The number of aliphatic imine (C=N–C) groups is 1. The standard InChI is InChI=1S/C20H16N2O6S/c1-22(15-8-3-2-7-14(15)19(26)27)20-21-18(25)16(29-20)10-12-5-4-6-13(9-12)28-11-17(23)24/h2-10H,11H2,1H3,(H,23,24)(H,26,27)/b16-10-. The number of hydrogen-bond acceptors (Lipinski definition) is 6. The Bertz CT molecular complexity index is 1050. The van der Waals surface area contributed by atoms with Crippen LogP contribution in [-0.2, 0) is 9.59 Å². The number of rotatable bonds is 6. The number of aliphatic carboxylic acids is 1. The second-order valence-corrected chi connectivity index (χ2v) is 6.96. The van der Waals surface area contributed by atoms with Crippen LogP contribution in [0.1, 0.15) is 15.9 Å². The van der Waals surface area contributed by atoms with Crippen LogP contribution in [0.25, 0.3) is 6.08 Å². The molecule has 1 aliphatic rings. The number of carbonyl (C=O) groups is 3. The molecule has 0 bridgehead atoms. The monoisotopic (exact) mass is 412 g/mol. The molecule has 29 heavy (non-hydrogen) atoms. The SMILES string of the molecule is CN(C1=NC(=O)/C(=C/c2cccc(OCC(=O)O)c2)S1)c1ccccc1C(=O)O. The summed E-state index contributed by atoms with van der Waals surface area (Å²) in [6.45, 7) is -0.464. The van der Waals surface area contributed by atoms with E-state index in [1.807, 2.05) is 0 Å². The first-order valence-electron chi connectivity index (χ1n) is 8.38. The molecule has 0 saturated carbocycles. The predicted molar refractivity (Wildman–Crippen MR) is 109 cm³/mol. The molecule has 2 aromatic carbocycles. The highest BCUT2D eigenvalue weighted by Crippen LogP contribution is 2.33. The Morgan fingerprint density at radius 2 is 1.93 bits per heavy atom. The van der Waals surface area contributed by atoms with Crippen LogP contribution in [0.3, 0.4) is 0 Å². The summed E-state index contributed by atoms with van der Waals surface area (Å²) in [4.78, 5) is 40.3. The van der Waals surface area contributed by atoms with E-state index < -0.39 is 24.5 Å². The van der Waals surface area contributed by atoms with Crippen molar-refractivity contribution in [2.75, 3.05) is 18.6 Å². The lowest BCUT2D eigenvalue weighted by Crippen LogP contribution is -2.24. The van der Waals surface area contributed by atoms with E-state index >= 15 is 0 Å². The number of carboxylic acid groups (broad SMARTS) is 2. The molecule has 148 valence electrons. The van der Waals surface area contributed by atoms with E-state index in [0.29, 0.717) is 27.1 Å². The van der Waals surface area contributed by atoms with Crippen LogP contribution in [0.4, 0.5) is 5.69 Å². The Balaban J connectivity index is 1.79. The van der Waals surface area contributed by atoms with Crippen molar-refractivity contribution in [2.24, 2.45) is 4.99 Å². The van der Waals surface area contributed by atoms with Gasteiger partial charge in [-0.05, 0) is 47.7 Å². The van der Waals surface area contributed by atoms with Gasteiger partial charge in [-0.1, -0.05) is 24.3 Å². The van der Waals surface area contributed by atoms with Gasteiger partial charge in [0, 0.05) is 7.05 Å². The van der Waals surface area contributed by atoms with Gasteiger partial charge in [0.05, 0.1) is 16.2 Å². The molecule has 1 aliphatic heterocycles. The minimum atomic E-state index is -1.09. The number of anilines is 1. The molecule has 8 nitrogen and oxygen atoms in total. The van der Waals surface area contributed by atoms with Gasteiger partial charge in [-0.3, -0.25) is 4.79 Å². The molecule has 0 saturated heterocycles. The van der Waals surface area contributed by atoms with Gasteiger partial charge < -0.3 is 19.8 Å². The average Bonchev–Trinajstić information content (AvgIpc) is 3.06. The summed E-state index contributed by atoms with van der Waals surface area (Å²) in [5.41, 5.74) is 1.17. The largest absolute Gasteiger partial charge is 0.482 e. The Morgan fingerprint density at radius 3 is 2.66 bits per heavy atom. The molecule has 0 unspecified atom stereocenters. The number of hydrogen-bond donors (Lipinski definition) is 2. The van der Waals surface area contributed by atoms with Crippen molar-refractivity contribution < 1.29 is 29.3 Å². The van der Waals surface area contributed by atoms with Gasteiger partial charge in [0.2, 0.25) is 0 Å². The number of ether oxygens (including phenoxy) is 1. The fraction of sp³-hybridized carbons (Fsp3) is 0.100. The molecule has 0 aliphatic carbocycles. The molecule has 0 atom stereocenters. The van der Waals surface area contributed by atoms with E-state index in [1.54, 1.807) is 60.5 Å². The van der Waals surface area contributed by atoms with Gasteiger partial charge in [0.25, 0.3) is 5.91 Å². The normalized spacial score (nSPS) is 14.6. The number of amides is 1. The quantitative estimate of drug-likeness (QED) is 0.696. The number of carboxylic acids is 2. The Labute approximate surface area is 170 Å². The maximum atomic E-state index is 12.3. The van der Waals surface area contributed by atoms with E-state index in [2.05, 4.69) is 4.99 Å². The van der Waals surface area contributed by atoms with Crippen molar-refractivity contribution in [3.63, 3.8) is 0 Å². The number of amidine groups is 1. The summed E-state index contributed by atoms with van der Waals surface area (Å²) in [5, 5.41) is 18.4. The zero-order chi connectivity index (χ0) is 21.0. The molecule has 2 aromatic rings. The van der Waals surface area contributed by atoms with Crippen LogP contribution in [0.15, 0.2) is 58.4 Å². The minimum Gasteiger partial charge on any atom is -0.482 e. The van der Waals surface area contributed by atoms with Gasteiger partial charge in [0.15, 0.2) is 11.8 Å². The number of para-hydroxylation sites is 1. The summed E-state index contributed by atoms with van der Waals surface area (Å²) in [5.74, 6) is -2.23. The van der Waals surface area contributed by atoms with Crippen molar-refractivity contribution >= 4 is 46.5 Å². The predicted octanol–water partition coefficient (Wildman–Crippen LogP) is 2.95. The smallest absolute Gasteiger partial charge is 0.341 e. The summed E-state index contributed by atoms with van der Waals surface area (Å²) in [6, 6.07) is 13.1. The van der Waals surface area contributed by atoms with Crippen LogP contribution in [-0.4, -0.2) is 46.9 Å². The summed E-state index contributed by atoms with van der Waals surface area (Å²) >= 11 is 1.12. The first-order valence-corrected chi connectivity index (χ1v) is 9.20. The Hall–Kier alpha value is -3.59. The van der Waals surface area contributed by atoms with Crippen molar-refractivity contribution in [1.29, 1.82) is 0 Å². The molecule has 0 spiro atoms. The molecule has 2 N–H and O–H groups in total. The highest BCUT2D eigenvalue weighted by Gasteiger charge is 2.27. The number of benzene rings is 2. The number of thioether (sulfide) groups is 1. The van der Waals surface area contributed by atoms with Crippen molar-refractivity contribution in [1.82, 2.24) is 0 Å². The zero-order valence-electron chi connectivity index (χ0n) is 15.2. The van der Waals surface area contributed by atoms with Crippen LogP contribution < -0.4 is 9.64 Å². The van der Waals surface area contributed by atoms with E-state index in [9.17, 15) is 19.5 Å². The van der Waals surface area contributed by atoms with Gasteiger partial charge in [-0.2, -0.15) is 4.99 Å². The van der Waals surface area contributed by atoms with E-state index in [1.165, 1.54) is 6.07 Å². The first kappa shape index (κ1) is 20.2. The Kier molecular flexibility index (Phi) is 5.99. The fourth-order valence-corrected chi connectivity index (χ4v) is 3.47. The molecular weight excluding hydrogens is 396 g/mol. The molecule has 1 amide bonds. The van der Waals surface area contributed by atoms with Crippen LogP contribution >= 0.6 is 11.8 Å². The molecule has 9 heteroatoms. The molecule has 1 heterocycles. The van der Waals surface area contributed by atoms with Crippen molar-refractivity contribution in [3.05, 3.63) is 64.6 Å². The molecule has 0 radical (unpaired) electrons. The van der Waals surface area contributed by atoms with E-state index in [0.717, 1.165) is 11.8 Å². The lowest BCUT2D eigenvalue weighted by atomic mass is 10.1. The number of nitrogens with zero attached hydrogens (tertiary/aromatic N) is 2. The third-order valence-corrected chi connectivity index (χ3v) is 4.97. The van der Waals surface area contributed by atoms with Gasteiger partial charge in [-0.15, -0.1) is 0 Å². The first-order chi connectivity index (χ1) is 13.8. The summed E-state index contributed by atoms with van der Waals surface area (Å²) < 4.78 is 5.14. The van der Waals surface area contributed by atoms with Crippen molar-refractivity contribution in [2.45, 2.75) is 0 Å². The molecular formula is C20H16N2O6S. The highest BCUT2D eigenvalue weighted by molar-refractivity contribution is 8.18. The lowest BCUT2D eigenvalue weighted by Gasteiger charge is -2.19. The van der Waals surface area contributed by atoms with Gasteiger partial charge in [0.1, 0.15) is 5.75 Å². The number of aromatic carboxylic acids is 1. The maximum Gasteiger partial charge on any atom is 0.341 e. The Morgan fingerprint density at radius 1 is 1.17 bits per heavy atom. The second-order valence-electron chi connectivity index (χ2n) is 5.95. The third kappa shape index (κ3) is 4.82.